The van der Waals surface area contributed by atoms with Crippen LogP contribution in [0, 0.1) is 0 Å². The molecule has 0 bridgehead atoms. The Balaban J connectivity index is 2.00. The van der Waals surface area contributed by atoms with Gasteiger partial charge < -0.3 is 9.47 Å². The van der Waals surface area contributed by atoms with E-state index >= 15 is 0 Å². The molecule has 1 fully saturated rings. The Kier molecular flexibility index (Phi) is 3.30. The Bertz CT molecular complexity index is 773. The van der Waals surface area contributed by atoms with E-state index in [4.69, 9.17) is 15.0 Å². The van der Waals surface area contributed by atoms with Crippen LogP contribution in [0.25, 0.3) is 10.4 Å². The van der Waals surface area contributed by atoms with E-state index in [1.165, 1.54) is 0 Å². The van der Waals surface area contributed by atoms with Crippen molar-refractivity contribution in [2.75, 3.05) is 18.1 Å². The topological polar surface area (TPSA) is 87.5 Å². The molecule has 3 atom stereocenters. The first-order valence-electron chi connectivity index (χ1n) is 8.13. The first kappa shape index (κ1) is 15.1. The number of rotatable bonds is 2. The summed E-state index contributed by atoms with van der Waals surface area (Å²) in [5.74, 6) is 0. The highest BCUT2D eigenvalue weighted by Gasteiger charge is 2.70. The van der Waals surface area contributed by atoms with Crippen molar-refractivity contribution < 1.29 is 14.3 Å². The molecule has 1 aromatic rings. The van der Waals surface area contributed by atoms with Crippen molar-refractivity contribution in [3.05, 3.63) is 52.4 Å². The maximum Gasteiger partial charge on any atom is 0.416 e. The lowest BCUT2D eigenvalue weighted by atomic mass is 9.67. The van der Waals surface area contributed by atoms with Crippen molar-refractivity contribution in [1.82, 2.24) is 0 Å². The second-order valence-corrected chi connectivity index (χ2v) is 6.18. The molecule has 0 spiro atoms. The van der Waals surface area contributed by atoms with E-state index in [2.05, 4.69) is 16.1 Å². The molecule has 1 saturated heterocycles. The van der Waals surface area contributed by atoms with E-state index in [-0.39, 0.29) is 6.61 Å². The average Bonchev–Trinajstić information content (AvgIpc) is 3.08. The lowest BCUT2D eigenvalue weighted by molar-refractivity contribution is -0.0392. The molecule has 2 aliphatic heterocycles. The highest BCUT2D eigenvalue weighted by molar-refractivity contribution is 5.94. The van der Waals surface area contributed by atoms with Crippen LogP contribution >= 0.6 is 0 Å². The molecule has 24 heavy (non-hydrogen) atoms. The van der Waals surface area contributed by atoms with Crippen LogP contribution in [0.4, 0.5) is 10.5 Å². The normalized spacial score (nSPS) is 32.5. The third-order valence-corrected chi connectivity index (χ3v) is 5.27. The fraction of sp³-hybridized carbons (Fsp3) is 0.471. The van der Waals surface area contributed by atoms with Crippen LogP contribution in [0.1, 0.15) is 25.3 Å². The van der Waals surface area contributed by atoms with Crippen molar-refractivity contribution in [2.45, 2.75) is 36.9 Å². The molecule has 1 aliphatic carbocycles. The van der Waals surface area contributed by atoms with Gasteiger partial charge in [0.2, 0.25) is 0 Å². The van der Waals surface area contributed by atoms with Gasteiger partial charge in [-0.3, -0.25) is 0 Å². The Morgan fingerprint density at radius 1 is 1.54 bits per heavy atom. The smallest absolute Gasteiger partial charge is 0.416 e. The summed E-state index contributed by atoms with van der Waals surface area (Å²) in [5, 5.41) is 3.99. The monoisotopic (exact) mass is 326 g/mol. The number of fused-ring (bicyclic) bond motifs is 1. The number of nitrogens with zero attached hydrogens (tertiary/aromatic N) is 4. The number of amides is 1. The van der Waals surface area contributed by atoms with Crippen molar-refractivity contribution in [2.24, 2.45) is 5.11 Å². The third kappa shape index (κ3) is 1.60. The molecule has 124 valence electrons. The number of hydrogen-bond donors (Lipinski definition) is 0. The fourth-order valence-corrected chi connectivity index (χ4v) is 4.49. The van der Waals surface area contributed by atoms with Gasteiger partial charge in [-0.15, -0.1) is 0 Å². The number of hydrogen-bond acceptors (Lipinski definition) is 4. The lowest BCUT2D eigenvalue weighted by Crippen LogP contribution is -2.65. The van der Waals surface area contributed by atoms with Crippen LogP contribution in [0.3, 0.4) is 0 Å². The predicted octanol–water partition coefficient (Wildman–Crippen LogP) is 3.66. The molecular formula is C17H18N4O3. The quantitative estimate of drug-likeness (QED) is 0.359. The van der Waals surface area contributed by atoms with E-state index in [1.54, 1.807) is 11.8 Å². The van der Waals surface area contributed by atoms with Crippen LogP contribution < -0.4 is 4.90 Å². The van der Waals surface area contributed by atoms with Gasteiger partial charge in [-0.1, -0.05) is 35.5 Å². The largest absolute Gasteiger partial charge is 0.449 e. The summed E-state index contributed by atoms with van der Waals surface area (Å²) < 4.78 is 11.5. The summed E-state index contributed by atoms with van der Waals surface area (Å²) in [6, 6.07) is 7.24. The summed E-state index contributed by atoms with van der Waals surface area (Å²) in [7, 11) is 0. The predicted molar refractivity (Wildman–Crippen MR) is 87.6 cm³/mol. The second-order valence-electron chi connectivity index (χ2n) is 6.18. The Hall–Kier alpha value is -2.50. The van der Waals surface area contributed by atoms with E-state index in [0.717, 1.165) is 17.7 Å². The zero-order valence-corrected chi connectivity index (χ0v) is 13.4. The molecule has 2 heterocycles. The molecule has 0 saturated carbocycles. The minimum Gasteiger partial charge on any atom is -0.449 e. The molecule has 1 amide bonds. The number of para-hydroxylation sites is 1. The van der Waals surface area contributed by atoms with E-state index in [1.807, 2.05) is 30.3 Å². The van der Waals surface area contributed by atoms with Crippen molar-refractivity contribution in [3.63, 3.8) is 0 Å². The van der Waals surface area contributed by atoms with Gasteiger partial charge in [0.1, 0.15) is 0 Å². The molecule has 7 nitrogen and oxygen atoms in total. The number of azide groups is 1. The van der Waals surface area contributed by atoms with Gasteiger partial charge in [0.05, 0.1) is 30.4 Å². The van der Waals surface area contributed by atoms with Gasteiger partial charge in [0.15, 0.2) is 5.72 Å². The first-order chi connectivity index (χ1) is 11.7. The molecule has 4 rings (SSSR count). The molecule has 0 aromatic heterocycles. The van der Waals surface area contributed by atoms with Crippen LogP contribution in [0.2, 0.25) is 0 Å². The number of carbonyl (C=O) groups excluding carboxylic acids is 1. The number of carbonyl (C=O) groups is 1. The number of ether oxygens (including phenoxy) is 2. The number of anilines is 1. The van der Waals surface area contributed by atoms with Crippen molar-refractivity contribution >= 4 is 11.8 Å². The SMILES string of the molecule is CCOC(=O)N1c2ccccc2[C@]23C=CC[C@H](N=[N+]=[N-])[C@@]12OCC3. The molecule has 0 unspecified atom stereocenters. The van der Waals surface area contributed by atoms with Crippen LogP contribution in [0.15, 0.2) is 41.5 Å². The van der Waals surface area contributed by atoms with Gasteiger partial charge in [0.25, 0.3) is 0 Å². The summed E-state index contributed by atoms with van der Waals surface area (Å²) in [5.41, 5.74) is 9.27. The van der Waals surface area contributed by atoms with Gasteiger partial charge >= 0.3 is 6.09 Å². The van der Waals surface area contributed by atoms with Crippen molar-refractivity contribution in [1.29, 1.82) is 0 Å². The zero-order valence-electron chi connectivity index (χ0n) is 13.4. The molecule has 7 heteroatoms. The Labute approximate surface area is 139 Å². The van der Waals surface area contributed by atoms with Crippen LogP contribution in [0.5, 0.6) is 0 Å². The van der Waals surface area contributed by atoms with E-state index in [9.17, 15) is 4.79 Å². The summed E-state index contributed by atoms with van der Waals surface area (Å²) in [6.07, 6.45) is 4.92. The maximum atomic E-state index is 12.8. The first-order valence-corrected chi connectivity index (χ1v) is 8.13. The summed E-state index contributed by atoms with van der Waals surface area (Å²) in [4.78, 5) is 17.4. The van der Waals surface area contributed by atoms with Crippen molar-refractivity contribution in [3.8, 4) is 0 Å². The summed E-state index contributed by atoms with van der Waals surface area (Å²) >= 11 is 0. The van der Waals surface area contributed by atoms with E-state index < -0.39 is 23.3 Å². The molecular weight excluding hydrogens is 308 g/mol. The second kappa shape index (κ2) is 5.26. The number of benzene rings is 1. The van der Waals surface area contributed by atoms with Gasteiger partial charge in [-0.25, -0.2) is 9.69 Å². The Morgan fingerprint density at radius 2 is 2.38 bits per heavy atom. The molecule has 1 aromatic carbocycles. The Morgan fingerprint density at radius 3 is 3.17 bits per heavy atom. The zero-order chi connectivity index (χ0) is 16.8. The maximum absolute atomic E-state index is 12.8. The van der Waals surface area contributed by atoms with Gasteiger partial charge in [-0.2, -0.15) is 0 Å². The minimum absolute atomic E-state index is 0.266. The summed E-state index contributed by atoms with van der Waals surface area (Å²) in [6.45, 7) is 2.53. The third-order valence-electron chi connectivity index (χ3n) is 5.27. The van der Waals surface area contributed by atoms with Gasteiger partial charge in [-0.05, 0) is 36.9 Å². The standard InChI is InChI=1S/C17H18N4O3/c1-2-23-15(22)21-13-7-4-3-6-12(13)16-9-5-8-14(19-20-18)17(16,21)24-11-10-16/h3-7,9,14H,2,8,10-11H2,1H3/t14-,16+,17-/m0/s1. The lowest BCUT2D eigenvalue weighted by Gasteiger charge is -2.47. The molecule has 3 aliphatic rings. The molecule has 0 N–H and O–H groups in total. The minimum atomic E-state index is -1.05. The highest BCUT2D eigenvalue weighted by Crippen LogP contribution is 2.62. The van der Waals surface area contributed by atoms with Gasteiger partial charge in [0, 0.05) is 4.91 Å². The van der Waals surface area contributed by atoms with Crippen LogP contribution in [-0.4, -0.2) is 31.1 Å². The van der Waals surface area contributed by atoms with E-state index in [0.29, 0.717) is 13.0 Å². The average molecular weight is 326 g/mol. The van der Waals surface area contributed by atoms with Crippen LogP contribution in [-0.2, 0) is 14.9 Å². The fourth-order valence-electron chi connectivity index (χ4n) is 4.49. The molecule has 0 radical (unpaired) electrons. The highest BCUT2D eigenvalue weighted by atomic mass is 16.6.